The van der Waals surface area contributed by atoms with Crippen LogP contribution in [0.4, 0.5) is 0 Å². The number of ketones is 1. The molecule has 0 spiro atoms. The van der Waals surface area contributed by atoms with Gasteiger partial charge in [-0.2, -0.15) is 0 Å². The molecule has 0 heterocycles. The first-order valence-corrected chi connectivity index (χ1v) is 6.01. The summed E-state index contributed by atoms with van der Waals surface area (Å²) in [5.41, 5.74) is 0.638. The molecule has 0 saturated heterocycles. The van der Waals surface area contributed by atoms with Crippen LogP contribution in [-0.2, 0) is 4.74 Å². The van der Waals surface area contributed by atoms with Gasteiger partial charge in [0.1, 0.15) is 12.4 Å². The van der Waals surface area contributed by atoms with E-state index in [1.165, 1.54) is 0 Å². The van der Waals surface area contributed by atoms with Gasteiger partial charge in [0.25, 0.3) is 0 Å². The minimum absolute atomic E-state index is 0.00680. The zero-order chi connectivity index (χ0) is 12.7. The van der Waals surface area contributed by atoms with Crippen LogP contribution >= 0.6 is 0 Å². The third-order valence-corrected chi connectivity index (χ3v) is 2.11. The summed E-state index contributed by atoms with van der Waals surface area (Å²) in [6, 6.07) is 7.22. The fourth-order valence-electron chi connectivity index (χ4n) is 1.41. The highest BCUT2D eigenvalue weighted by Gasteiger charge is 2.07. The molecule has 0 radical (unpaired) electrons. The molecule has 0 N–H and O–H groups in total. The molecule has 0 fully saturated rings. The number of carbonyl (C=O) groups excluding carboxylic acids is 1. The van der Waals surface area contributed by atoms with E-state index in [0.717, 1.165) is 12.2 Å². The van der Waals surface area contributed by atoms with E-state index in [9.17, 15) is 4.79 Å². The van der Waals surface area contributed by atoms with Crippen LogP contribution in [0.2, 0.25) is 0 Å². The van der Waals surface area contributed by atoms with Gasteiger partial charge in [-0.25, -0.2) is 0 Å². The van der Waals surface area contributed by atoms with E-state index in [1.54, 1.807) is 12.1 Å². The highest BCUT2D eigenvalue weighted by Crippen LogP contribution is 2.15. The number of hydrogen-bond acceptors (Lipinski definition) is 3. The highest BCUT2D eigenvalue weighted by atomic mass is 16.5. The second-order valence-corrected chi connectivity index (χ2v) is 4.17. The van der Waals surface area contributed by atoms with Crippen molar-refractivity contribution in [2.75, 3.05) is 13.2 Å². The Hall–Kier alpha value is -1.35. The average Bonchev–Trinajstić information content (AvgIpc) is 2.28. The van der Waals surface area contributed by atoms with Crippen molar-refractivity contribution in [3.63, 3.8) is 0 Å². The zero-order valence-corrected chi connectivity index (χ0v) is 10.7. The van der Waals surface area contributed by atoms with Gasteiger partial charge in [-0.1, -0.05) is 19.1 Å². The van der Waals surface area contributed by atoms with Gasteiger partial charge in [-0.15, -0.1) is 0 Å². The lowest BCUT2D eigenvalue weighted by molar-refractivity contribution is 0.0761. The van der Waals surface area contributed by atoms with Crippen LogP contribution in [0.1, 0.15) is 37.6 Å². The van der Waals surface area contributed by atoms with Gasteiger partial charge in [0.05, 0.1) is 6.10 Å². The Labute approximate surface area is 103 Å². The molecule has 1 rings (SSSR count). The quantitative estimate of drug-likeness (QED) is 0.539. The summed E-state index contributed by atoms with van der Waals surface area (Å²) >= 11 is 0. The molecule has 1 aromatic carbocycles. The van der Waals surface area contributed by atoms with Gasteiger partial charge >= 0.3 is 0 Å². The maximum Gasteiger partial charge on any atom is 0.188 e. The van der Waals surface area contributed by atoms with Crippen molar-refractivity contribution in [3.8, 4) is 5.75 Å². The van der Waals surface area contributed by atoms with Crippen molar-refractivity contribution in [2.45, 2.75) is 33.3 Å². The van der Waals surface area contributed by atoms with E-state index < -0.39 is 0 Å². The summed E-state index contributed by atoms with van der Waals surface area (Å²) < 4.78 is 10.8. The van der Waals surface area contributed by atoms with Crippen molar-refractivity contribution >= 4 is 5.78 Å². The second kappa shape index (κ2) is 7.07. The van der Waals surface area contributed by atoms with Gasteiger partial charge in [-0.05, 0) is 32.4 Å². The van der Waals surface area contributed by atoms with E-state index in [-0.39, 0.29) is 18.5 Å². The molecule has 0 amide bonds. The van der Waals surface area contributed by atoms with Crippen LogP contribution in [0, 0.1) is 0 Å². The number of ether oxygens (including phenoxy) is 2. The highest BCUT2D eigenvalue weighted by molar-refractivity contribution is 5.97. The van der Waals surface area contributed by atoms with Crippen LogP contribution in [0.3, 0.4) is 0 Å². The van der Waals surface area contributed by atoms with Crippen molar-refractivity contribution in [1.29, 1.82) is 0 Å². The Morgan fingerprint density at radius 1 is 1.35 bits per heavy atom. The third-order valence-electron chi connectivity index (χ3n) is 2.11. The predicted octanol–water partition coefficient (Wildman–Crippen LogP) is 3.08. The Morgan fingerprint density at radius 3 is 2.76 bits per heavy atom. The molecule has 0 bridgehead atoms. The molecule has 0 saturated carbocycles. The summed E-state index contributed by atoms with van der Waals surface area (Å²) in [4.78, 5) is 11.8. The van der Waals surface area contributed by atoms with Crippen molar-refractivity contribution in [2.24, 2.45) is 0 Å². The Balaban J connectivity index is 2.60. The lowest BCUT2D eigenvalue weighted by Crippen LogP contribution is -2.10. The molecular weight excluding hydrogens is 216 g/mol. The molecular formula is C14H20O3. The summed E-state index contributed by atoms with van der Waals surface area (Å²) in [5.74, 6) is 0.717. The van der Waals surface area contributed by atoms with Crippen LogP contribution in [0.15, 0.2) is 24.3 Å². The van der Waals surface area contributed by atoms with Crippen molar-refractivity contribution < 1.29 is 14.3 Å². The summed E-state index contributed by atoms with van der Waals surface area (Å²) in [5, 5.41) is 0. The smallest absolute Gasteiger partial charge is 0.188 e. The van der Waals surface area contributed by atoms with E-state index in [0.29, 0.717) is 12.2 Å². The number of hydrogen-bond donors (Lipinski definition) is 0. The Bertz CT molecular complexity index is 358. The van der Waals surface area contributed by atoms with Gasteiger partial charge in [-0.3, -0.25) is 4.79 Å². The SMILES string of the molecule is CCCOCC(=O)c1cccc(OC(C)C)c1. The average molecular weight is 236 g/mol. The Kier molecular flexibility index (Phi) is 5.70. The summed E-state index contributed by atoms with van der Waals surface area (Å²) in [6.45, 7) is 6.69. The lowest BCUT2D eigenvalue weighted by Gasteiger charge is -2.10. The monoisotopic (exact) mass is 236 g/mol. The van der Waals surface area contributed by atoms with Crippen LogP contribution < -0.4 is 4.74 Å². The molecule has 0 unspecified atom stereocenters. The molecule has 3 heteroatoms. The minimum Gasteiger partial charge on any atom is -0.491 e. The van der Waals surface area contributed by atoms with Gasteiger partial charge in [0.2, 0.25) is 0 Å². The minimum atomic E-state index is -0.00680. The molecule has 0 aromatic heterocycles. The van der Waals surface area contributed by atoms with Gasteiger partial charge in [0.15, 0.2) is 5.78 Å². The molecule has 1 aromatic rings. The first-order chi connectivity index (χ1) is 8.13. The molecule has 0 aliphatic rings. The number of benzene rings is 1. The molecule has 17 heavy (non-hydrogen) atoms. The standard InChI is InChI=1S/C14H20O3/c1-4-8-16-10-14(15)12-6-5-7-13(9-12)17-11(2)3/h5-7,9,11H,4,8,10H2,1-3H3. The predicted molar refractivity (Wildman–Crippen MR) is 67.6 cm³/mol. The molecule has 0 aliphatic heterocycles. The van der Waals surface area contributed by atoms with Crippen LogP contribution in [0.25, 0.3) is 0 Å². The van der Waals surface area contributed by atoms with Crippen LogP contribution in [-0.4, -0.2) is 25.1 Å². The van der Waals surface area contributed by atoms with E-state index in [4.69, 9.17) is 9.47 Å². The van der Waals surface area contributed by atoms with Crippen molar-refractivity contribution in [3.05, 3.63) is 29.8 Å². The third kappa shape index (κ3) is 5.00. The summed E-state index contributed by atoms with van der Waals surface area (Å²) in [6.07, 6.45) is 1.03. The Morgan fingerprint density at radius 2 is 2.12 bits per heavy atom. The zero-order valence-electron chi connectivity index (χ0n) is 10.7. The number of Topliss-reactive ketones (excluding diaryl/α,β-unsaturated/α-hetero) is 1. The maximum absolute atomic E-state index is 11.8. The second-order valence-electron chi connectivity index (χ2n) is 4.17. The van der Waals surface area contributed by atoms with Crippen molar-refractivity contribution in [1.82, 2.24) is 0 Å². The van der Waals surface area contributed by atoms with E-state index in [2.05, 4.69) is 0 Å². The number of carbonyl (C=O) groups is 1. The van der Waals surface area contributed by atoms with Crippen LogP contribution in [0.5, 0.6) is 5.75 Å². The van der Waals surface area contributed by atoms with E-state index >= 15 is 0 Å². The van der Waals surface area contributed by atoms with E-state index in [1.807, 2.05) is 32.9 Å². The van der Waals surface area contributed by atoms with Gasteiger partial charge < -0.3 is 9.47 Å². The fourth-order valence-corrected chi connectivity index (χ4v) is 1.41. The van der Waals surface area contributed by atoms with Gasteiger partial charge in [0, 0.05) is 12.2 Å². The molecule has 3 nitrogen and oxygen atoms in total. The summed E-state index contributed by atoms with van der Waals surface area (Å²) in [7, 11) is 0. The largest absolute Gasteiger partial charge is 0.491 e. The topological polar surface area (TPSA) is 35.5 Å². The molecule has 0 aliphatic carbocycles. The molecule has 94 valence electrons. The first-order valence-electron chi connectivity index (χ1n) is 6.01. The maximum atomic E-state index is 11.8. The molecule has 0 atom stereocenters. The fraction of sp³-hybridized carbons (Fsp3) is 0.500. The first kappa shape index (κ1) is 13.7. The number of rotatable bonds is 7. The lowest BCUT2D eigenvalue weighted by atomic mass is 10.1. The normalized spacial score (nSPS) is 10.6.